The summed E-state index contributed by atoms with van der Waals surface area (Å²) in [6.45, 7) is 8.36. The normalized spacial score (nSPS) is 13.9. The van der Waals surface area contributed by atoms with E-state index in [4.69, 9.17) is 24.5 Å². The van der Waals surface area contributed by atoms with Crippen LogP contribution in [0.4, 0.5) is 4.79 Å². The van der Waals surface area contributed by atoms with Gasteiger partial charge in [-0.2, -0.15) is 0 Å². The third-order valence-corrected chi connectivity index (χ3v) is 0.744. The maximum atomic E-state index is 8.56. The predicted molar refractivity (Wildman–Crippen MR) is 48.2 cm³/mol. The molecule has 0 saturated carbocycles. The van der Waals surface area contributed by atoms with Crippen molar-refractivity contribution in [3.8, 4) is 0 Å². The molecular formula is C8H16O5. The Hall–Kier alpha value is -1.07. The van der Waals surface area contributed by atoms with Crippen molar-refractivity contribution in [2.45, 2.75) is 6.92 Å². The second-order valence-electron chi connectivity index (χ2n) is 1.92. The van der Waals surface area contributed by atoms with Crippen LogP contribution in [-0.2, 0) is 9.47 Å². The lowest BCUT2D eigenvalue weighted by Crippen LogP contribution is -2.16. The van der Waals surface area contributed by atoms with Crippen LogP contribution in [-0.4, -0.2) is 42.8 Å². The Labute approximate surface area is 77.6 Å². The largest absolute Gasteiger partial charge is 0.503 e. The second kappa shape index (κ2) is 13.5. The first-order valence-electron chi connectivity index (χ1n) is 3.79. The maximum Gasteiger partial charge on any atom is 0.503 e. The van der Waals surface area contributed by atoms with E-state index >= 15 is 0 Å². The number of hydrogen-bond acceptors (Lipinski definition) is 3. The highest BCUT2D eigenvalue weighted by atomic mass is 16.6. The molecule has 2 N–H and O–H groups in total. The van der Waals surface area contributed by atoms with Crippen molar-refractivity contribution in [3.63, 3.8) is 0 Å². The van der Waals surface area contributed by atoms with Gasteiger partial charge in [0.1, 0.15) is 0 Å². The van der Waals surface area contributed by atoms with Crippen LogP contribution in [0.1, 0.15) is 6.92 Å². The van der Waals surface area contributed by atoms with E-state index in [-0.39, 0.29) is 0 Å². The lowest BCUT2D eigenvalue weighted by Gasteiger charge is -2.09. The van der Waals surface area contributed by atoms with Gasteiger partial charge in [-0.15, -0.1) is 6.58 Å². The second-order valence-corrected chi connectivity index (χ2v) is 1.92. The molecule has 1 saturated heterocycles. The minimum Gasteiger partial charge on any atom is -0.450 e. The SMILES string of the molecule is C1COCCO1.C=CC.O=C(O)O. The molecule has 0 unspecified atom stereocenters. The quantitative estimate of drug-likeness (QED) is 0.568. The minimum atomic E-state index is -1.83. The summed E-state index contributed by atoms with van der Waals surface area (Å²) in [5.41, 5.74) is 0. The maximum absolute atomic E-state index is 8.56. The molecule has 0 amide bonds. The monoisotopic (exact) mass is 192 g/mol. The summed E-state index contributed by atoms with van der Waals surface area (Å²) in [7, 11) is 0. The number of ether oxygens (including phenoxy) is 2. The number of rotatable bonds is 0. The van der Waals surface area contributed by atoms with Crippen molar-refractivity contribution in [3.05, 3.63) is 12.7 Å². The third-order valence-electron chi connectivity index (χ3n) is 0.744. The van der Waals surface area contributed by atoms with E-state index in [0.29, 0.717) is 0 Å². The van der Waals surface area contributed by atoms with Crippen molar-refractivity contribution in [2.24, 2.45) is 0 Å². The molecule has 0 atom stereocenters. The fourth-order valence-electron chi connectivity index (χ4n) is 0.440. The summed E-state index contributed by atoms with van der Waals surface area (Å²) < 4.78 is 9.89. The first-order valence-corrected chi connectivity index (χ1v) is 3.79. The van der Waals surface area contributed by atoms with Gasteiger partial charge in [0, 0.05) is 0 Å². The molecule has 0 radical (unpaired) electrons. The van der Waals surface area contributed by atoms with E-state index in [2.05, 4.69) is 6.58 Å². The highest BCUT2D eigenvalue weighted by Crippen LogP contribution is 1.85. The Balaban J connectivity index is 0. The Morgan fingerprint density at radius 2 is 1.38 bits per heavy atom. The zero-order valence-corrected chi connectivity index (χ0v) is 7.73. The minimum absolute atomic E-state index is 0.778. The molecule has 0 aromatic carbocycles. The molecule has 1 fully saturated rings. The van der Waals surface area contributed by atoms with Crippen molar-refractivity contribution >= 4 is 6.16 Å². The molecule has 5 heteroatoms. The van der Waals surface area contributed by atoms with Crippen LogP contribution in [0, 0.1) is 0 Å². The molecule has 78 valence electrons. The summed E-state index contributed by atoms with van der Waals surface area (Å²) in [6.07, 6.45) is -0.0833. The zero-order chi connectivity index (χ0) is 10.5. The van der Waals surface area contributed by atoms with Gasteiger partial charge in [0.15, 0.2) is 0 Å². The highest BCUT2D eigenvalue weighted by molar-refractivity contribution is 5.53. The lowest BCUT2D eigenvalue weighted by molar-refractivity contribution is -0.0334. The molecule has 0 spiro atoms. The number of carbonyl (C=O) groups is 1. The lowest BCUT2D eigenvalue weighted by atomic mass is 10.6. The third kappa shape index (κ3) is 35.9. The van der Waals surface area contributed by atoms with Crippen molar-refractivity contribution in [1.29, 1.82) is 0 Å². The van der Waals surface area contributed by atoms with Gasteiger partial charge in [0.05, 0.1) is 26.4 Å². The van der Waals surface area contributed by atoms with Crippen molar-refractivity contribution in [1.82, 2.24) is 0 Å². The summed E-state index contributed by atoms with van der Waals surface area (Å²) in [5, 5.41) is 13.9. The summed E-state index contributed by atoms with van der Waals surface area (Å²) in [6, 6.07) is 0. The molecule has 0 aromatic heterocycles. The summed E-state index contributed by atoms with van der Waals surface area (Å²) in [4.78, 5) is 8.56. The van der Waals surface area contributed by atoms with Gasteiger partial charge >= 0.3 is 6.16 Å². The molecule has 5 nitrogen and oxygen atoms in total. The van der Waals surface area contributed by atoms with Gasteiger partial charge in [0.2, 0.25) is 0 Å². The molecule has 1 aliphatic heterocycles. The number of allylic oxidation sites excluding steroid dienone is 1. The first kappa shape index (κ1) is 14.5. The molecule has 1 heterocycles. The Morgan fingerprint density at radius 3 is 1.46 bits per heavy atom. The van der Waals surface area contributed by atoms with Gasteiger partial charge < -0.3 is 19.7 Å². The fourth-order valence-corrected chi connectivity index (χ4v) is 0.440. The Morgan fingerprint density at radius 1 is 1.23 bits per heavy atom. The molecule has 13 heavy (non-hydrogen) atoms. The highest BCUT2D eigenvalue weighted by Gasteiger charge is 1.94. The van der Waals surface area contributed by atoms with E-state index in [1.807, 2.05) is 6.92 Å². The van der Waals surface area contributed by atoms with Crippen LogP contribution in [0.5, 0.6) is 0 Å². The van der Waals surface area contributed by atoms with Crippen LogP contribution < -0.4 is 0 Å². The average Bonchev–Trinajstić information content (AvgIpc) is 2.08. The first-order chi connectivity index (χ1) is 6.15. The molecule has 0 bridgehead atoms. The summed E-state index contributed by atoms with van der Waals surface area (Å²) >= 11 is 0. The van der Waals surface area contributed by atoms with Crippen LogP contribution >= 0.6 is 0 Å². The molecule has 1 rings (SSSR count). The van der Waals surface area contributed by atoms with Crippen molar-refractivity contribution < 1.29 is 24.5 Å². The van der Waals surface area contributed by atoms with Crippen LogP contribution in [0.25, 0.3) is 0 Å². The number of hydrogen-bond donors (Lipinski definition) is 2. The molecular weight excluding hydrogens is 176 g/mol. The predicted octanol–water partition coefficient (Wildman–Crippen LogP) is 1.45. The van der Waals surface area contributed by atoms with E-state index in [1.54, 1.807) is 6.08 Å². The van der Waals surface area contributed by atoms with E-state index < -0.39 is 6.16 Å². The summed E-state index contributed by atoms with van der Waals surface area (Å²) in [5.74, 6) is 0. The topological polar surface area (TPSA) is 76.0 Å². The smallest absolute Gasteiger partial charge is 0.450 e. The van der Waals surface area contributed by atoms with Gasteiger partial charge in [-0.25, -0.2) is 4.79 Å². The molecule has 0 aromatic rings. The van der Waals surface area contributed by atoms with Gasteiger partial charge in [0.25, 0.3) is 0 Å². The number of carboxylic acid groups (broad SMARTS) is 2. The van der Waals surface area contributed by atoms with E-state index in [9.17, 15) is 0 Å². The Bertz CT molecular complexity index is 104. The molecule has 1 aliphatic rings. The van der Waals surface area contributed by atoms with Crippen molar-refractivity contribution in [2.75, 3.05) is 26.4 Å². The zero-order valence-electron chi connectivity index (χ0n) is 7.73. The molecule has 0 aliphatic carbocycles. The average molecular weight is 192 g/mol. The Kier molecular flexibility index (Phi) is 15.0. The van der Waals surface area contributed by atoms with E-state index in [1.165, 1.54) is 0 Å². The van der Waals surface area contributed by atoms with Crippen LogP contribution in [0.15, 0.2) is 12.7 Å². The van der Waals surface area contributed by atoms with E-state index in [0.717, 1.165) is 26.4 Å². The van der Waals surface area contributed by atoms with Crippen LogP contribution in [0.2, 0.25) is 0 Å². The van der Waals surface area contributed by atoms with Gasteiger partial charge in [-0.05, 0) is 6.92 Å². The standard InChI is InChI=1S/C4H8O2.C3H6.CH2O3/c1-2-6-4-3-5-1;1-3-2;2-1(3)4/h1-4H2;3H,1H2,2H3;(H2,2,3,4). The van der Waals surface area contributed by atoms with Crippen LogP contribution in [0.3, 0.4) is 0 Å². The van der Waals surface area contributed by atoms with Gasteiger partial charge in [-0.3, -0.25) is 0 Å². The van der Waals surface area contributed by atoms with Gasteiger partial charge in [-0.1, -0.05) is 6.08 Å². The fraction of sp³-hybridized carbons (Fsp3) is 0.625.